The molecule has 10 heavy (non-hydrogen) atoms. The van der Waals surface area contributed by atoms with Crippen molar-refractivity contribution in [3.05, 3.63) is 0 Å². The molecule has 0 aromatic carbocycles. The minimum Gasteiger partial charge on any atom is -0.147 e. The molecule has 2 rings (SSSR count). The van der Waals surface area contributed by atoms with Crippen LogP contribution in [0.3, 0.4) is 0 Å². The Labute approximate surface area is 71.4 Å². The second-order valence-electron chi connectivity index (χ2n) is 3.42. The van der Waals surface area contributed by atoms with Crippen molar-refractivity contribution in [3.63, 3.8) is 0 Å². The molecule has 0 heterocycles. The van der Waals surface area contributed by atoms with Crippen molar-refractivity contribution in [1.29, 1.82) is 0 Å². The second-order valence-corrected chi connectivity index (χ2v) is 5.39. The van der Waals surface area contributed by atoms with Gasteiger partial charge in [-0.15, -0.1) is 21.0 Å². The van der Waals surface area contributed by atoms with Crippen LogP contribution in [0.4, 0.5) is 0 Å². The first-order valence-electron chi connectivity index (χ1n) is 4.21. The molecule has 1 atom stereocenters. The van der Waals surface area contributed by atoms with Crippen molar-refractivity contribution in [1.82, 2.24) is 0 Å². The molecular weight excluding hydrogens is 163 g/mol. The Balaban J connectivity index is 0.000000500. The maximum atomic E-state index is 1.56. The van der Waals surface area contributed by atoms with Crippen LogP contribution >= 0.6 is 21.0 Å². The number of hydrogen-bond donors (Lipinski definition) is 0. The molecule has 0 spiro atoms. The van der Waals surface area contributed by atoms with Crippen LogP contribution in [0.1, 0.15) is 38.5 Å². The van der Waals surface area contributed by atoms with Crippen molar-refractivity contribution in [2.75, 3.05) is 0 Å². The summed E-state index contributed by atoms with van der Waals surface area (Å²) in [6.45, 7) is 0. The van der Waals surface area contributed by atoms with Gasteiger partial charge in [-0.25, -0.2) is 0 Å². The van der Waals surface area contributed by atoms with Gasteiger partial charge in [0.15, 0.2) is 0 Å². The lowest BCUT2D eigenvalue weighted by Crippen LogP contribution is -1.91. The van der Waals surface area contributed by atoms with Gasteiger partial charge in [-0.2, -0.15) is 0 Å². The highest BCUT2D eigenvalue weighted by Crippen LogP contribution is 2.46. The first kappa shape index (κ1) is 8.81. The Morgan fingerprint density at radius 1 is 0.800 bits per heavy atom. The number of hydrogen-bond acceptors (Lipinski definition) is 0. The molecule has 0 nitrogen and oxygen atoms in total. The molecule has 0 bridgehead atoms. The molecule has 0 aromatic heterocycles. The zero-order valence-electron chi connectivity index (χ0n) is 6.31. The fourth-order valence-electron chi connectivity index (χ4n) is 1.68. The molecule has 2 aliphatic rings. The Bertz CT molecular complexity index is 95.4. The van der Waals surface area contributed by atoms with E-state index in [2.05, 4.69) is 0 Å². The SMILES string of the molecule is C1CCC(PC2CC2)C1.Cl. The summed E-state index contributed by atoms with van der Waals surface area (Å²) in [5, 5.41) is 0. The van der Waals surface area contributed by atoms with E-state index in [-0.39, 0.29) is 12.4 Å². The van der Waals surface area contributed by atoms with Gasteiger partial charge in [-0.3, -0.25) is 0 Å². The van der Waals surface area contributed by atoms with Gasteiger partial charge in [-0.1, -0.05) is 12.8 Å². The van der Waals surface area contributed by atoms with Crippen molar-refractivity contribution in [2.45, 2.75) is 49.8 Å². The number of rotatable bonds is 2. The van der Waals surface area contributed by atoms with Gasteiger partial charge >= 0.3 is 0 Å². The molecule has 0 aliphatic heterocycles. The molecule has 2 fully saturated rings. The van der Waals surface area contributed by atoms with E-state index in [1.807, 2.05) is 0 Å². The van der Waals surface area contributed by atoms with Crippen molar-refractivity contribution in [3.8, 4) is 0 Å². The Morgan fingerprint density at radius 2 is 1.30 bits per heavy atom. The third kappa shape index (κ3) is 2.40. The Kier molecular flexibility index (Phi) is 3.46. The van der Waals surface area contributed by atoms with Crippen LogP contribution in [0, 0.1) is 0 Å². The van der Waals surface area contributed by atoms with Gasteiger partial charge in [0.2, 0.25) is 0 Å². The van der Waals surface area contributed by atoms with Gasteiger partial charge in [0, 0.05) is 0 Å². The summed E-state index contributed by atoms with van der Waals surface area (Å²) in [6, 6.07) is 0. The highest BCUT2D eigenvalue weighted by molar-refractivity contribution is 7.40. The Morgan fingerprint density at radius 3 is 1.80 bits per heavy atom. The van der Waals surface area contributed by atoms with Crippen LogP contribution in [0.15, 0.2) is 0 Å². The molecule has 2 aliphatic carbocycles. The van der Waals surface area contributed by atoms with Gasteiger partial charge in [0.05, 0.1) is 0 Å². The van der Waals surface area contributed by atoms with Crippen LogP contribution in [0.2, 0.25) is 0 Å². The molecular formula is C8H16ClP. The third-order valence-corrected chi connectivity index (χ3v) is 4.50. The minimum atomic E-state index is 0. The van der Waals surface area contributed by atoms with Crippen molar-refractivity contribution < 1.29 is 0 Å². The molecule has 1 unspecified atom stereocenters. The average Bonchev–Trinajstić information content (AvgIpc) is 2.46. The van der Waals surface area contributed by atoms with Crippen LogP contribution in [0.25, 0.3) is 0 Å². The predicted molar refractivity (Wildman–Crippen MR) is 50.8 cm³/mol. The molecule has 2 heteroatoms. The molecule has 0 aromatic rings. The van der Waals surface area contributed by atoms with Gasteiger partial charge in [-0.05, 0) is 37.0 Å². The maximum Gasteiger partial charge on any atom is -0.0234 e. The van der Waals surface area contributed by atoms with E-state index >= 15 is 0 Å². The minimum absolute atomic E-state index is 0. The van der Waals surface area contributed by atoms with Crippen LogP contribution < -0.4 is 0 Å². The molecule has 2 saturated carbocycles. The van der Waals surface area contributed by atoms with E-state index in [0.29, 0.717) is 0 Å². The van der Waals surface area contributed by atoms with E-state index in [0.717, 1.165) is 0 Å². The lowest BCUT2D eigenvalue weighted by Gasteiger charge is -2.05. The van der Waals surface area contributed by atoms with E-state index in [1.165, 1.54) is 32.7 Å². The smallest absolute Gasteiger partial charge is 0.0234 e. The summed E-state index contributed by atoms with van der Waals surface area (Å²) in [6.07, 6.45) is 9.32. The lowest BCUT2D eigenvalue weighted by atomic mass is 10.4. The lowest BCUT2D eigenvalue weighted by molar-refractivity contribution is 0.886. The largest absolute Gasteiger partial charge is 0.147 e. The quantitative estimate of drug-likeness (QED) is 0.570. The van der Waals surface area contributed by atoms with Gasteiger partial charge in [0.25, 0.3) is 0 Å². The Hall–Kier alpha value is 0.720. The molecule has 0 amide bonds. The van der Waals surface area contributed by atoms with Crippen molar-refractivity contribution in [2.24, 2.45) is 0 Å². The summed E-state index contributed by atoms with van der Waals surface area (Å²) in [4.78, 5) is 0. The monoisotopic (exact) mass is 178 g/mol. The van der Waals surface area contributed by atoms with E-state index in [4.69, 9.17) is 0 Å². The van der Waals surface area contributed by atoms with E-state index in [9.17, 15) is 0 Å². The number of halogens is 1. The normalized spacial score (nSPS) is 27.6. The predicted octanol–water partition coefficient (Wildman–Crippen LogP) is 3.19. The first-order chi connectivity index (χ1) is 4.45. The van der Waals surface area contributed by atoms with Gasteiger partial charge in [0.1, 0.15) is 0 Å². The summed E-state index contributed by atoms with van der Waals surface area (Å²) in [5.74, 6) is 0. The van der Waals surface area contributed by atoms with Crippen LogP contribution in [-0.4, -0.2) is 11.3 Å². The van der Waals surface area contributed by atoms with Crippen molar-refractivity contribution >= 4 is 21.0 Å². The highest BCUT2D eigenvalue weighted by atomic mass is 35.5. The third-order valence-electron chi connectivity index (χ3n) is 2.40. The second kappa shape index (κ2) is 3.93. The van der Waals surface area contributed by atoms with Crippen LogP contribution in [0.5, 0.6) is 0 Å². The zero-order chi connectivity index (χ0) is 6.10. The molecule has 60 valence electrons. The van der Waals surface area contributed by atoms with E-state index < -0.39 is 0 Å². The molecule has 0 saturated heterocycles. The van der Waals surface area contributed by atoms with Crippen LogP contribution in [-0.2, 0) is 0 Å². The highest BCUT2D eigenvalue weighted by Gasteiger charge is 2.26. The first-order valence-corrected chi connectivity index (χ1v) is 5.37. The zero-order valence-corrected chi connectivity index (χ0v) is 8.12. The summed E-state index contributed by atoms with van der Waals surface area (Å²) >= 11 is 0. The van der Waals surface area contributed by atoms with Gasteiger partial charge < -0.3 is 0 Å². The summed E-state index contributed by atoms with van der Waals surface area (Å²) < 4.78 is 0. The maximum absolute atomic E-state index is 1.56. The summed E-state index contributed by atoms with van der Waals surface area (Å²) in [7, 11) is 1.35. The molecule has 0 radical (unpaired) electrons. The topological polar surface area (TPSA) is 0 Å². The fraction of sp³-hybridized carbons (Fsp3) is 1.00. The summed E-state index contributed by atoms with van der Waals surface area (Å²) in [5.41, 5.74) is 2.38. The average molecular weight is 179 g/mol. The standard InChI is InChI=1S/C8H15P.ClH/c1-2-4-7(3-1)9-8-5-6-8;/h7-9H,1-6H2;1H. The fourth-order valence-corrected chi connectivity index (χ4v) is 3.58. The molecule has 0 N–H and O–H groups in total. The van der Waals surface area contributed by atoms with E-state index in [1.54, 1.807) is 25.7 Å².